The number of ether oxygens (including phenoxy) is 1. The lowest BCUT2D eigenvalue weighted by atomic mass is 10.0. The van der Waals surface area contributed by atoms with Crippen LogP contribution in [0.4, 0.5) is 0 Å². The van der Waals surface area contributed by atoms with Gasteiger partial charge in [-0.1, -0.05) is 24.6 Å². The molecule has 0 saturated carbocycles. The predicted molar refractivity (Wildman–Crippen MR) is 87.3 cm³/mol. The van der Waals surface area contributed by atoms with Crippen LogP contribution in [0.1, 0.15) is 31.7 Å². The maximum absolute atomic E-state index is 5.50. The molecule has 0 amide bonds. The van der Waals surface area contributed by atoms with Crippen LogP contribution >= 0.6 is 11.8 Å². The van der Waals surface area contributed by atoms with E-state index in [1.807, 2.05) is 18.0 Å². The molecule has 1 aromatic rings. The zero-order valence-corrected chi connectivity index (χ0v) is 13.3. The maximum atomic E-state index is 5.50. The largest absolute Gasteiger partial charge is 0.501 e. The van der Waals surface area contributed by atoms with Crippen LogP contribution in [0.5, 0.6) is 0 Å². The van der Waals surface area contributed by atoms with Crippen LogP contribution in [0.25, 0.3) is 0 Å². The maximum Gasteiger partial charge on any atom is 0.0876 e. The van der Waals surface area contributed by atoms with E-state index >= 15 is 0 Å². The van der Waals surface area contributed by atoms with Crippen LogP contribution in [0.15, 0.2) is 41.0 Å². The number of thioether (sulfide) groups is 1. The zero-order chi connectivity index (χ0) is 14.2. The van der Waals surface area contributed by atoms with E-state index in [0.717, 1.165) is 31.7 Å². The summed E-state index contributed by atoms with van der Waals surface area (Å²) < 4.78 is 5.50. The molecule has 0 fully saturated rings. The average molecular weight is 291 g/mol. The summed E-state index contributed by atoms with van der Waals surface area (Å²) in [4.78, 5) is 1.35. The van der Waals surface area contributed by atoms with E-state index in [2.05, 4.69) is 43.4 Å². The first kappa shape index (κ1) is 15.5. The number of benzene rings is 1. The van der Waals surface area contributed by atoms with Gasteiger partial charge < -0.3 is 10.1 Å². The summed E-state index contributed by atoms with van der Waals surface area (Å²) in [6.45, 7) is 6.29. The van der Waals surface area contributed by atoms with Crippen LogP contribution in [0.3, 0.4) is 0 Å². The van der Waals surface area contributed by atoms with Crippen molar-refractivity contribution in [3.63, 3.8) is 0 Å². The summed E-state index contributed by atoms with van der Waals surface area (Å²) in [6, 6.07) is 9.16. The van der Waals surface area contributed by atoms with Crippen molar-refractivity contribution in [2.24, 2.45) is 0 Å². The lowest BCUT2D eigenvalue weighted by Gasteiger charge is -2.24. The van der Waals surface area contributed by atoms with Gasteiger partial charge in [-0.05, 0) is 50.4 Å². The summed E-state index contributed by atoms with van der Waals surface area (Å²) in [6.07, 6.45) is 5.45. The minimum absolute atomic E-state index is 0.431. The third-order valence-electron chi connectivity index (χ3n) is 3.46. The normalized spacial score (nSPS) is 16.4. The Hall–Kier alpha value is -0.930. The van der Waals surface area contributed by atoms with E-state index in [9.17, 15) is 0 Å². The highest BCUT2D eigenvalue weighted by Crippen LogP contribution is 2.24. The number of rotatable bonds is 7. The smallest absolute Gasteiger partial charge is 0.0876 e. The number of hydrogen-bond acceptors (Lipinski definition) is 3. The van der Waals surface area contributed by atoms with Crippen LogP contribution in [0, 0.1) is 6.92 Å². The second-order valence-corrected chi connectivity index (χ2v) is 6.39. The van der Waals surface area contributed by atoms with Gasteiger partial charge in [-0.3, -0.25) is 0 Å². The molecule has 1 N–H and O–H groups in total. The first-order valence-corrected chi connectivity index (χ1v) is 8.51. The fraction of sp³-hybridized carbons (Fsp3) is 0.529. The van der Waals surface area contributed by atoms with Gasteiger partial charge in [0.25, 0.3) is 0 Å². The lowest BCUT2D eigenvalue weighted by molar-refractivity contribution is 0.220. The molecule has 3 heteroatoms. The SMILES string of the molecule is CCCNC(CSc1cccc(C)c1)C1=COCCC1. The summed E-state index contributed by atoms with van der Waals surface area (Å²) >= 11 is 1.93. The van der Waals surface area contributed by atoms with Gasteiger partial charge in [-0.25, -0.2) is 0 Å². The van der Waals surface area contributed by atoms with Gasteiger partial charge in [0.15, 0.2) is 0 Å². The molecule has 1 atom stereocenters. The third-order valence-corrected chi connectivity index (χ3v) is 4.54. The predicted octanol–water partition coefficient (Wildman–Crippen LogP) is 4.15. The Kier molecular flexibility index (Phi) is 6.48. The van der Waals surface area contributed by atoms with Crippen molar-refractivity contribution in [1.29, 1.82) is 0 Å². The van der Waals surface area contributed by atoms with E-state index in [0.29, 0.717) is 6.04 Å². The van der Waals surface area contributed by atoms with Gasteiger partial charge in [0.1, 0.15) is 0 Å². The van der Waals surface area contributed by atoms with Gasteiger partial charge in [0.2, 0.25) is 0 Å². The highest BCUT2D eigenvalue weighted by atomic mass is 32.2. The highest BCUT2D eigenvalue weighted by molar-refractivity contribution is 7.99. The Morgan fingerprint density at radius 1 is 1.40 bits per heavy atom. The van der Waals surface area contributed by atoms with Crippen molar-refractivity contribution < 1.29 is 4.74 Å². The van der Waals surface area contributed by atoms with E-state index < -0.39 is 0 Å². The molecule has 0 spiro atoms. The minimum atomic E-state index is 0.431. The van der Waals surface area contributed by atoms with Gasteiger partial charge in [-0.2, -0.15) is 0 Å². The Labute approximate surface area is 127 Å². The van der Waals surface area contributed by atoms with Gasteiger partial charge in [0.05, 0.1) is 12.9 Å². The molecule has 2 rings (SSSR count). The Morgan fingerprint density at radius 3 is 3.00 bits per heavy atom. The van der Waals surface area contributed by atoms with Crippen LogP contribution in [0.2, 0.25) is 0 Å². The molecule has 0 saturated heterocycles. The van der Waals surface area contributed by atoms with E-state index in [1.165, 1.54) is 22.5 Å². The summed E-state index contributed by atoms with van der Waals surface area (Å²) in [5.74, 6) is 1.07. The van der Waals surface area contributed by atoms with Gasteiger partial charge in [0, 0.05) is 16.7 Å². The Morgan fingerprint density at radius 2 is 2.30 bits per heavy atom. The molecule has 0 aromatic heterocycles. The Bertz CT molecular complexity index is 444. The zero-order valence-electron chi connectivity index (χ0n) is 12.5. The van der Waals surface area contributed by atoms with Crippen molar-refractivity contribution in [2.45, 2.75) is 44.0 Å². The quantitative estimate of drug-likeness (QED) is 0.763. The highest BCUT2D eigenvalue weighted by Gasteiger charge is 2.16. The number of aryl methyl sites for hydroxylation is 1. The molecule has 1 aliphatic heterocycles. The fourth-order valence-corrected chi connectivity index (χ4v) is 3.48. The molecule has 20 heavy (non-hydrogen) atoms. The van der Waals surface area contributed by atoms with Crippen LogP contribution in [-0.2, 0) is 4.74 Å². The molecule has 1 unspecified atom stereocenters. The molecule has 1 aliphatic rings. The lowest BCUT2D eigenvalue weighted by Crippen LogP contribution is -2.34. The molecule has 1 heterocycles. The average Bonchev–Trinajstić information content (AvgIpc) is 2.48. The van der Waals surface area contributed by atoms with E-state index in [4.69, 9.17) is 4.74 Å². The first-order chi connectivity index (χ1) is 9.79. The topological polar surface area (TPSA) is 21.3 Å². The van der Waals surface area contributed by atoms with Gasteiger partial charge in [-0.15, -0.1) is 11.8 Å². The second-order valence-electron chi connectivity index (χ2n) is 5.30. The summed E-state index contributed by atoms with van der Waals surface area (Å²) in [5, 5.41) is 3.65. The molecule has 0 radical (unpaired) electrons. The van der Waals surface area contributed by atoms with Gasteiger partial charge >= 0.3 is 0 Å². The number of nitrogens with one attached hydrogen (secondary N) is 1. The van der Waals surface area contributed by atoms with E-state index in [1.54, 1.807) is 0 Å². The number of hydrogen-bond donors (Lipinski definition) is 1. The summed E-state index contributed by atoms with van der Waals surface area (Å²) in [5.41, 5.74) is 2.75. The first-order valence-electron chi connectivity index (χ1n) is 7.53. The van der Waals surface area contributed by atoms with Crippen LogP contribution < -0.4 is 5.32 Å². The summed E-state index contributed by atoms with van der Waals surface area (Å²) in [7, 11) is 0. The second kappa shape index (κ2) is 8.38. The third kappa shape index (κ3) is 4.88. The Balaban J connectivity index is 1.94. The van der Waals surface area contributed by atoms with Crippen molar-refractivity contribution >= 4 is 11.8 Å². The van der Waals surface area contributed by atoms with E-state index in [-0.39, 0.29) is 0 Å². The molecule has 0 bridgehead atoms. The molecule has 2 nitrogen and oxygen atoms in total. The van der Waals surface area contributed by atoms with Crippen molar-refractivity contribution in [3.8, 4) is 0 Å². The van der Waals surface area contributed by atoms with Crippen LogP contribution in [-0.4, -0.2) is 24.9 Å². The molecular formula is C17H25NOS. The monoisotopic (exact) mass is 291 g/mol. The standard InChI is InChI=1S/C17H25NOS/c1-3-9-18-17(15-7-5-10-19-12-15)13-20-16-8-4-6-14(2)11-16/h4,6,8,11-12,17-18H,3,5,7,9-10,13H2,1-2H3. The van der Waals surface area contributed by atoms with Crippen molar-refractivity contribution in [3.05, 3.63) is 41.7 Å². The molecule has 110 valence electrons. The fourth-order valence-electron chi connectivity index (χ4n) is 2.34. The molecule has 1 aromatic carbocycles. The molecule has 0 aliphatic carbocycles. The van der Waals surface area contributed by atoms with Crippen molar-refractivity contribution in [2.75, 3.05) is 18.9 Å². The minimum Gasteiger partial charge on any atom is -0.501 e. The molecular weight excluding hydrogens is 266 g/mol. The van der Waals surface area contributed by atoms with Crippen molar-refractivity contribution in [1.82, 2.24) is 5.32 Å².